The molecular weight excluding hydrogens is 264 g/mol. The summed E-state index contributed by atoms with van der Waals surface area (Å²) in [6.45, 7) is 1.99. The van der Waals surface area contributed by atoms with Crippen molar-refractivity contribution in [2.75, 3.05) is 0 Å². The largest absolute Gasteiger partial charge is 0.339 e. The van der Waals surface area contributed by atoms with Crippen LogP contribution in [0.5, 0.6) is 0 Å². The van der Waals surface area contributed by atoms with E-state index in [0.29, 0.717) is 18.1 Å². The van der Waals surface area contributed by atoms with Crippen LogP contribution < -0.4 is 5.73 Å². The van der Waals surface area contributed by atoms with E-state index in [1.54, 1.807) is 12.4 Å². The van der Waals surface area contributed by atoms with Crippen molar-refractivity contribution in [3.63, 3.8) is 0 Å². The molecule has 106 valence electrons. The molecule has 21 heavy (non-hydrogen) atoms. The molecular formula is C16H16N4O. The highest BCUT2D eigenvalue weighted by Gasteiger charge is 2.14. The van der Waals surface area contributed by atoms with E-state index in [9.17, 15) is 0 Å². The molecule has 0 spiro atoms. The second-order valence-electron chi connectivity index (χ2n) is 4.92. The van der Waals surface area contributed by atoms with Crippen LogP contribution in [0.15, 0.2) is 53.3 Å². The molecule has 2 aromatic heterocycles. The highest BCUT2D eigenvalue weighted by atomic mass is 16.5. The molecule has 0 aliphatic carbocycles. The van der Waals surface area contributed by atoms with Crippen molar-refractivity contribution in [3.05, 3.63) is 65.8 Å². The van der Waals surface area contributed by atoms with Crippen molar-refractivity contribution in [2.45, 2.75) is 19.4 Å². The predicted octanol–water partition coefficient (Wildman–Crippen LogP) is 2.68. The minimum Gasteiger partial charge on any atom is -0.339 e. The van der Waals surface area contributed by atoms with Crippen LogP contribution in [0.1, 0.15) is 23.1 Å². The summed E-state index contributed by atoms with van der Waals surface area (Å²) in [5.74, 6) is 1.08. The first kappa shape index (κ1) is 13.5. The lowest BCUT2D eigenvalue weighted by atomic mass is 10.1. The van der Waals surface area contributed by atoms with Crippen molar-refractivity contribution >= 4 is 0 Å². The molecule has 0 aliphatic heterocycles. The Morgan fingerprint density at radius 1 is 1.19 bits per heavy atom. The van der Waals surface area contributed by atoms with E-state index in [1.807, 2.05) is 43.3 Å². The number of pyridine rings is 1. The molecule has 3 aromatic rings. The third-order valence-electron chi connectivity index (χ3n) is 3.37. The summed E-state index contributed by atoms with van der Waals surface area (Å²) in [5, 5.41) is 4.01. The van der Waals surface area contributed by atoms with Gasteiger partial charge in [-0.05, 0) is 24.1 Å². The summed E-state index contributed by atoms with van der Waals surface area (Å²) in [6, 6.07) is 11.6. The molecule has 0 aliphatic rings. The van der Waals surface area contributed by atoms with Crippen molar-refractivity contribution in [1.29, 1.82) is 0 Å². The van der Waals surface area contributed by atoms with Crippen LogP contribution in [0, 0.1) is 6.92 Å². The van der Waals surface area contributed by atoms with Crippen molar-refractivity contribution < 1.29 is 4.52 Å². The van der Waals surface area contributed by atoms with E-state index in [4.69, 9.17) is 10.3 Å². The maximum absolute atomic E-state index is 6.16. The molecule has 5 heteroatoms. The van der Waals surface area contributed by atoms with Crippen molar-refractivity contribution in [3.8, 4) is 11.4 Å². The first-order chi connectivity index (χ1) is 10.2. The van der Waals surface area contributed by atoms with E-state index < -0.39 is 0 Å². The van der Waals surface area contributed by atoms with Gasteiger partial charge in [0.05, 0.1) is 0 Å². The number of aryl methyl sites for hydroxylation is 1. The van der Waals surface area contributed by atoms with E-state index in [2.05, 4.69) is 15.1 Å². The fraction of sp³-hybridized carbons (Fsp3) is 0.188. The van der Waals surface area contributed by atoms with Gasteiger partial charge in [-0.1, -0.05) is 35.5 Å². The topological polar surface area (TPSA) is 77.8 Å². The average molecular weight is 280 g/mol. The zero-order chi connectivity index (χ0) is 14.7. The molecule has 1 atom stereocenters. The third-order valence-corrected chi connectivity index (χ3v) is 3.37. The standard InChI is InChI=1S/C16H16N4O/c1-11-7-8-18-10-13(11)16-19-15(21-20-16)9-14(17)12-5-3-2-4-6-12/h2-8,10,14H,9,17H2,1H3. The van der Waals surface area contributed by atoms with E-state index >= 15 is 0 Å². The van der Waals surface area contributed by atoms with Gasteiger partial charge in [0.15, 0.2) is 0 Å². The molecule has 0 saturated carbocycles. The van der Waals surface area contributed by atoms with Crippen LogP contribution in [-0.2, 0) is 6.42 Å². The Balaban J connectivity index is 1.78. The lowest BCUT2D eigenvalue weighted by molar-refractivity contribution is 0.370. The molecule has 2 N–H and O–H groups in total. The number of nitrogens with two attached hydrogens (primary N) is 1. The minimum atomic E-state index is -0.158. The highest BCUT2D eigenvalue weighted by molar-refractivity contribution is 5.57. The summed E-state index contributed by atoms with van der Waals surface area (Å²) in [7, 11) is 0. The molecule has 0 amide bonds. The molecule has 0 radical (unpaired) electrons. The Bertz CT molecular complexity index is 724. The maximum Gasteiger partial charge on any atom is 0.228 e. The SMILES string of the molecule is Cc1ccncc1-c1noc(CC(N)c2ccccc2)n1. The Kier molecular flexibility index (Phi) is 3.75. The van der Waals surface area contributed by atoms with Crippen LogP contribution in [0.4, 0.5) is 0 Å². The molecule has 5 nitrogen and oxygen atoms in total. The number of hydrogen-bond donors (Lipinski definition) is 1. The van der Waals surface area contributed by atoms with E-state index in [1.165, 1.54) is 0 Å². The summed E-state index contributed by atoms with van der Waals surface area (Å²) in [6.07, 6.45) is 3.99. The van der Waals surface area contributed by atoms with Gasteiger partial charge in [-0.3, -0.25) is 4.98 Å². The first-order valence-corrected chi connectivity index (χ1v) is 6.78. The number of nitrogens with zero attached hydrogens (tertiary/aromatic N) is 3. The average Bonchev–Trinajstić information content (AvgIpc) is 2.97. The number of aromatic nitrogens is 3. The lowest BCUT2D eigenvalue weighted by Gasteiger charge is -2.08. The van der Waals surface area contributed by atoms with Gasteiger partial charge >= 0.3 is 0 Å². The third kappa shape index (κ3) is 2.98. The number of rotatable bonds is 4. The number of benzene rings is 1. The fourth-order valence-electron chi connectivity index (χ4n) is 2.15. The molecule has 1 aromatic carbocycles. The highest BCUT2D eigenvalue weighted by Crippen LogP contribution is 2.20. The minimum absolute atomic E-state index is 0.158. The second kappa shape index (κ2) is 5.85. The molecule has 3 rings (SSSR count). The van der Waals surface area contributed by atoms with Gasteiger partial charge in [0.1, 0.15) is 0 Å². The molecule has 0 saturated heterocycles. The number of hydrogen-bond acceptors (Lipinski definition) is 5. The quantitative estimate of drug-likeness (QED) is 0.795. The maximum atomic E-state index is 6.16. The molecule has 0 bridgehead atoms. The van der Waals surface area contributed by atoms with Gasteiger partial charge in [-0.25, -0.2) is 0 Å². The molecule has 2 heterocycles. The first-order valence-electron chi connectivity index (χ1n) is 6.78. The Hall–Kier alpha value is -2.53. The Morgan fingerprint density at radius 3 is 2.76 bits per heavy atom. The molecule has 1 unspecified atom stereocenters. The fourth-order valence-corrected chi connectivity index (χ4v) is 2.15. The normalized spacial score (nSPS) is 12.3. The van der Waals surface area contributed by atoms with Gasteiger partial charge in [-0.15, -0.1) is 0 Å². The van der Waals surface area contributed by atoms with E-state index in [0.717, 1.165) is 16.7 Å². The van der Waals surface area contributed by atoms with Crippen LogP contribution >= 0.6 is 0 Å². The van der Waals surface area contributed by atoms with Crippen LogP contribution in [0.3, 0.4) is 0 Å². The lowest BCUT2D eigenvalue weighted by Crippen LogP contribution is -2.13. The Morgan fingerprint density at radius 2 is 2.00 bits per heavy atom. The smallest absolute Gasteiger partial charge is 0.228 e. The van der Waals surface area contributed by atoms with Gasteiger partial charge in [0.25, 0.3) is 0 Å². The van der Waals surface area contributed by atoms with Gasteiger partial charge < -0.3 is 10.3 Å². The Labute approximate surface area is 122 Å². The van der Waals surface area contributed by atoms with Crippen molar-refractivity contribution in [1.82, 2.24) is 15.1 Å². The predicted molar refractivity (Wildman–Crippen MR) is 79.3 cm³/mol. The van der Waals surface area contributed by atoms with E-state index in [-0.39, 0.29) is 6.04 Å². The van der Waals surface area contributed by atoms with Crippen LogP contribution in [-0.4, -0.2) is 15.1 Å². The second-order valence-corrected chi connectivity index (χ2v) is 4.92. The zero-order valence-corrected chi connectivity index (χ0v) is 11.7. The summed E-state index contributed by atoms with van der Waals surface area (Å²) < 4.78 is 5.30. The van der Waals surface area contributed by atoms with Gasteiger partial charge in [0.2, 0.25) is 11.7 Å². The zero-order valence-electron chi connectivity index (χ0n) is 11.7. The van der Waals surface area contributed by atoms with Gasteiger partial charge in [-0.2, -0.15) is 4.98 Å². The van der Waals surface area contributed by atoms with Gasteiger partial charge in [0, 0.05) is 30.4 Å². The summed E-state index contributed by atoms with van der Waals surface area (Å²) in [5.41, 5.74) is 9.15. The summed E-state index contributed by atoms with van der Waals surface area (Å²) in [4.78, 5) is 8.50. The molecule has 0 fully saturated rings. The van der Waals surface area contributed by atoms with Crippen LogP contribution in [0.25, 0.3) is 11.4 Å². The van der Waals surface area contributed by atoms with Crippen molar-refractivity contribution in [2.24, 2.45) is 5.73 Å². The monoisotopic (exact) mass is 280 g/mol. The summed E-state index contributed by atoms with van der Waals surface area (Å²) >= 11 is 0. The van der Waals surface area contributed by atoms with Crippen LogP contribution in [0.2, 0.25) is 0 Å².